The third kappa shape index (κ3) is 9.19. The summed E-state index contributed by atoms with van der Waals surface area (Å²) in [7, 11) is 0. The lowest BCUT2D eigenvalue weighted by molar-refractivity contribution is 0.0675. The van der Waals surface area contributed by atoms with E-state index in [0.717, 1.165) is 249 Å². The molecule has 0 N–H and O–H groups in total. The lowest BCUT2D eigenvalue weighted by Gasteiger charge is -2.53. The first-order chi connectivity index (χ1) is 48.6. The molecule has 0 saturated heterocycles. The van der Waals surface area contributed by atoms with Crippen molar-refractivity contribution < 1.29 is 19.1 Å². The lowest BCUT2D eigenvalue weighted by Crippen LogP contribution is -2.58. The van der Waals surface area contributed by atoms with Gasteiger partial charge in [-0.15, -0.1) is 0 Å². The Labute approximate surface area is 592 Å². The van der Waals surface area contributed by atoms with E-state index >= 15 is 9.59 Å². The van der Waals surface area contributed by atoms with Crippen LogP contribution in [0.2, 0.25) is 0 Å². The molecular weight excluding hydrogens is 1250 g/mol. The second-order valence-corrected chi connectivity index (χ2v) is 31.8. The molecule has 6 atom stereocenters. The van der Waals surface area contributed by atoms with Crippen molar-refractivity contribution in [1.82, 2.24) is 29.4 Å². The second-order valence-electron chi connectivity index (χ2n) is 30.5. The van der Waals surface area contributed by atoms with Gasteiger partial charge >= 0.3 is 0 Å². The Morgan fingerprint density at radius 2 is 0.778 bits per heavy atom. The van der Waals surface area contributed by atoms with Gasteiger partial charge in [-0.3, -0.25) is 29.2 Å². The highest BCUT2D eigenvalue weighted by Gasteiger charge is 2.61. The van der Waals surface area contributed by atoms with Gasteiger partial charge < -0.3 is 38.9 Å². The van der Waals surface area contributed by atoms with Crippen molar-refractivity contribution in [3.8, 4) is 23.0 Å². The Balaban J connectivity index is 0.766. The van der Waals surface area contributed by atoms with Crippen molar-refractivity contribution in [1.29, 1.82) is 0 Å². The van der Waals surface area contributed by atoms with Crippen molar-refractivity contribution in [2.45, 2.75) is 181 Å². The number of amides is 2. The average molecular weight is 1350 g/mol. The quantitative estimate of drug-likeness (QED) is 0.0767. The summed E-state index contributed by atoms with van der Waals surface area (Å²) in [5, 5.41) is 0. The number of hydrogen-bond donors (Lipinski definition) is 0. The smallest absolute Gasteiger partial charge is 0.255 e. The van der Waals surface area contributed by atoms with Gasteiger partial charge in [0.15, 0.2) is 0 Å². The maximum atomic E-state index is 16.3. The Kier molecular flexibility index (Phi) is 16.3. The van der Waals surface area contributed by atoms with Crippen molar-refractivity contribution in [3.63, 3.8) is 0 Å². The minimum Gasteiger partial charge on any atom is -0.456 e. The van der Waals surface area contributed by atoms with Crippen LogP contribution in [0.5, 0.6) is 23.0 Å². The summed E-state index contributed by atoms with van der Waals surface area (Å²) in [5.41, 5.74) is 22.9. The Morgan fingerprint density at radius 3 is 1.16 bits per heavy atom. The first-order valence-corrected chi connectivity index (χ1v) is 40.3. The molecule has 0 aromatic heterocycles. The fraction of sp³-hybridized carbons (Fsp3) is 0.548. The van der Waals surface area contributed by atoms with Crippen LogP contribution in [0.25, 0.3) is 0 Å². The third-order valence-corrected chi connectivity index (χ3v) is 27.5. The van der Waals surface area contributed by atoms with E-state index < -0.39 is 11.1 Å². The topological polar surface area (TPSA) is 85.0 Å². The molecule has 6 aromatic rings. The molecule has 18 rings (SSSR count). The highest BCUT2D eigenvalue weighted by molar-refractivity contribution is 7.99. The standard InChI is InChI=1S/C84H104N10O4S/c1-9-85(10-2)57-45-55-49-69-79(63-33-35-71(87(13-5)14-6)91(51-57)75(55)63)97-77-61-29-23-39-89-37-21-25-53(73(61)89)47-67(77)83(69)65-31-19-17-27-59(65)81(95)93(83)41-43-99-44-42-94-82(96)60-28-18-20-32-66(60)84(94)68-48-54-26-22-38-90-40-24-30-62(74(54)90)78(68)98-80-64-34-36-72(88(15-7)16-8)92-52-58(86(11-3)12-4)46-56(76(64)92)50-70(80)84/h17-20,27-28,31-32,47-50,57-58,71-72H,9-16,21-26,29-30,33-46,51-52H2,1-8H3. The summed E-state index contributed by atoms with van der Waals surface area (Å²) in [5.74, 6) is 5.54. The van der Waals surface area contributed by atoms with Gasteiger partial charge in [-0.05, 0) is 212 Å². The highest BCUT2D eigenvalue weighted by atomic mass is 32.2. The predicted molar refractivity (Wildman–Crippen MR) is 401 cm³/mol. The van der Waals surface area contributed by atoms with E-state index in [2.05, 4.69) is 177 Å². The maximum absolute atomic E-state index is 16.3. The molecule has 12 heterocycles. The monoisotopic (exact) mass is 1350 g/mol. The van der Waals surface area contributed by atoms with E-state index in [1.807, 2.05) is 11.8 Å². The summed E-state index contributed by atoms with van der Waals surface area (Å²) < 4.78 is 15.8. The van der Waals surface area contributed by atoms with E-state index in [0.29, 0.717) is 49.0 Å². The van der Waals surface area contributed by atoms with Gasteiger partial charge in [0.05, 0.1) is 12.3 Å². The minimum absolute atomic E-state index is 0.0940. The maximum Gasteiger partial charge on any atom is 0.255 e. The van der Waals surface area contributed by atoms with Gasteiger partial charge in [0, 0.05) is 154 Å². The fourth-order valence-electron chi connectivity index (χ4n) is 22.4. The number of rotatable bonds is 18. The van der Waals surface area contributed by atoms with Crippen LogP contribution in [-0.4, -0.2) is 182 Å². The first kappa shape index (κ1) is 64.4. The van der Waals surface area contributed by atoms with E-state index in [9.17, 15) is 0 Å². The number of benzene rings is 6. The Hall–Kier alpha value is -6.75. The van der Waals surface area contributed by atoms with Crippen LogP contribution in [0, 0.1) is 0 Å². The Morgan fingerprint density at radius 1 is 0.424 bits per heavy atom. The molecule has 12 aliphatic heterocycles. The van der Waals surface area contributed by atoms with Crippen molar-refractivity contribution in [2.75, 3.05) is 136 Å². The van der Waals surface area contributed by atoms with Crippen LogP contribution in [-0.2, 0) is 62.4 Å². The highest BCUT2D eigenvalue weighted by Crippen LogP contribution is 2.66. The zero-order valence-corrected chi connectivity index (χ0v) is 61.2. The number of ether oxygens (including phenoxy) is 2. The van der Waals surface area contributed by atoms with Gasteiger partial charge in [0.2, 0.25) is 0 Å². The molecule has 15 heteroatoms. The van der Waals surface area contributed by atoms with E-state index in [1.54, 1.807) is 0 Å². The first-order valence-electron chi connectivity index (χ1n) is 39.1. The number of carbonyl (C=O) groups is 2. The molecular formula is C84H104N10O4S. The lowest BCUT2D eigenvalue weighted by atomic mass is 9.70. The van der Waals surface area contributed by atoms with Gasteiger partial charge in [-0.25, -0.2) is 0 Å². The normalized spacial score (nSPS) is 24.6. The van der Waals surface area contributed by atoms with Crippen LogP contribution in [0.4, 0.5) is 22.7 Å². The molecule has 2 amide bonds. The number of carbonyl (C=O) groups excluding carboxylic acids is 2. The summed E-state index contributed by atoms with van der Waals surface area (Å²) in [4.78, 5) is 58.9. The van der Waals surface area contributed by atoms with Gasteiger partial charge in [0.25, 0.3) is 11.8 Å². The molecule has 0 bridgehead atoms. The molecule has 0 radical (unpaired) electrons. The van der Waals surface area contributed by atoms with Gasteiger partial charge in [0.1, 0.15) is 34.1 Å². The number of likely N-dealkylation sites (N-methyl/N-ethyl adjacent to an activating group) is 2. The van der Waals surface area contributed by atoms with Gasteiger partial charge in [-0.1, -0.05) is 91.8 Å². The fourth-order valence-corrected chi connectivity index (χ4v) is 23.2. The molecule has 0 fully saturated rings. The number of nitrogens with zero attached hydrogens (tertiary/aromatic N) is 10. The van der Waals surface area contributed by atoms with Gasteiger partial charge in [-0.2, -0.15) is 11.8 Å². The van der Waals surface area contributed by atoms with Crippen molar-refractivity contribution >= 4 is 46.3 Å². The summed E-state index contributed by atoms with van der Waals surface area (Å²) in [6.07, 6.45) is 14.8. The second kappa shape index (κ2) is 25.1. The molecule has 2 spiro atoms. The van der Waals surface area contributed by atoms with Crippen LogP contribution in [0.1, 0.15) is 193 Å². The molecule has 99 heavy (non-hydrogen) atoms. The van der Waals surface area contributed by atoms with E-state index in [-0.39, 0.29) is 11.8 Å². The average Bonchev–Trinajstić information content (AvgIpc) is 1.60. The summed E-state index contributed by atoms with van der Waals surface area (Å²) >= 11 is 1.90. The molecule has 6 unspecified atom stereocenters. The third-order valence-electron chi connectivity index (χ3n) is 26.5. The number of anilines is 4. The number of thioether (sulfide) groups is 1. The van der Waals surface area contributed by atoms with E-state index in [4.69, 9.17) is 9.47 Å². The molecule has 520 valence electrons. The predicted octanol–water partition coefficient (Wildman–Crippen LogP) is 13.6. The number of aryl methyl sites for hydroxylation is 2. The largest absolute Gasteiger partial charge is 0.456 e. The molecule has 12 aliphatic rings. The molecule has 14 nitrogen and oxygen atoms in total. The molecule has 0 saturated carbocycles. The SMILES string of the molecule is CCN(CC)C1Cc2cc3c(c4c2N(C1)C(N(CC)CC)CC4)Oc1c(cc2c4c1CCCN4CCC2)C31c2ccccc2C(=O)N1CCSCCN1C(=O)c2ccccc2C12c1cc3c4c(c1Oc1c2cc2c5c1CCC(N(CC)CC)N5CC(N(CC)CC)C2)CCCN4CCC3. The zero-order chi connectivity index (χ0) is 67.3. The summed E-state index contributed by atoms with van der Waals surface area (Å²) in [6, 6.07) is 28.2. The van der Waals surface area contributed by atoms with E-state index in [1.165, 1.54) is 67.3 Å². The van der Waals surface area contributed by atoms with Crippen molar-refractivity contribution in [3.05, 3.63) is 162 Å². The summed E-state index contributed by atoms with van der Waals surface area (Å²) in [6.45, 7) is 34.0. The number of fused-ring (bicyclic) bond motifs is 16. The van der Waals surface area contributed by atoms with Crippen LogP contribution < -0.4 is 29.1 Å². The van der Waals surface area contributed by atoms with Crippen LogP contribution >= 0.6 is 11.8 Å². The zero-order valence-electron chi connectivity index (χ0n) is 60.4. The van der Waals surface area contributed by atoms with Crippen LogP contribution in [0.3, 0.4) is 0 Å². The molecule has 6 aromatic carbocycles. The van der Waals surface area contributed by atoms with Crippen LogP contribution in [0.15, 0.2) is 72.8 Å². The minimum atomic E-state index is -0.928. The number of hydrogen-bond acceptors (Lipinski definition) is 13. The van der Waals surface area contributed by atoms with Crippen molar-refractivity contribution in [2.24, 2.45) is 0 Å². The molecule has 0 aliphatic carbocycles. The Bertz CT molecular complexity index is 3980.